The van der Waals surface area contributed by atoms with Crippen LogP contribution in [-0.4, -0.2) is 25.8 Å². The van der Waals surface area contributed by atoms with Gasteiger partial charge in [-0.1, -0.05) is 26.2 Å². The summed E-state index contributed by atoms with van der Waals surface area (Å²) in [4.78, 5) is 0. The molecule has 0 amide bonds. The quantitative estimate of drug-likeness (QED) is 0.771. The summed E-state index contributed by atoms with van der Waals surface area (Å²) in [5.74, 6) is 1.94. The predicted octanol–water partition coefficient (Wildman–Crippen LogP) is 2.58. The van der Waals surface area contributed by atoms with Gasteiger partial charge in [0, 0.05) is 12.6 Å². The minimum atomic E-state index is 0.645. The first-order valence-corrected chi connectivity index (χ1v) is 6.69. The monoisotopic (exact) mass is 211 g/mol. The van der Waals surface area contributed by atoms with Gasteiger partial charge < -0.3 is 10.1 Å². The van der Waals surface area contributed by atoms with E-state index in [4.69, 9.17) is 4.74 Å². The van der Waals surface area contributed by atoms with Crippen molar-refractivity contribution in [3.8, 4) is 0 Å². The molecule has 1 saturated heterocycles. The number of rotatable bonds is 4. The van der Waals surface area contributed by atoms with Crippen LogP contribution >= 0.6 is 0 Å². The van der Waals surface area contributed by atoms with Gasteiger partial charge in [-0.15, -0.1) is 0 Å². The van der Waals surface area contributed by atoms with Crippen molar-refractivity contribution in [2.75, 3.05) is 19.8 Å². The minimum absolute atomic E-state index is 0.645. The highest BCUT2D eigenvalue weighted by Crippen LogP contribution is 2.30. The molecule has 3 unspecified atom stereocenters. The predicted molar refractivity (Wildman–Crippen MR) is 63.0 cm³/mol. The molecular formula is C13H25NO. The zero-order chi connectivity index (χ0) is 10.5. The molecule has 1 aliphatic carbocycles. The maximum Gasteiger partial charge on any atom is 0.0620 e. The Morgan fingerprint density at radius 2 is 2.07 bits per heavy atom. The molecular weight excluding hydrogens is 186 g/mol. The first-order chi connectivity index (χ1) is 7.38. The van der Waals surface area contributed by atoms with E-state index >= 15 is 0 Å². The summed E-state index contributed by atoms with van der Waals surface area (Å²) in [7, 11) is 0. The van der Waals surface area contributed by atoms with Gasteiger partial charge in [0.25, 0.3) is 0 Å². The van der Waals surface area contributed by atoms with Crippen molar-refractivity contribution in [1.29, 1.82) is 0 Å². The fraction of sp³-hybridized carbons (Fsp3) is 1.00. The second kappa shape index (κ2) is 5.86. The van der Waals surface area contributed by atoms with Crippen LogP contribution in [0, 0.1) is 11.8 Å². The molecule has 0 aromatic heterocycles. The third-order valence-electron chi connectivity index (χ3n) is 4.09. The molecule has 2 nitrogen and oxygen atoms in total. The lowest BCUT2D eigenvalue weighted by atomic mass is 9.80. The van der Waals surface area contributed by atoms with E-state index < -0.39 is 0 Å². The fourth-order valence-corrected chi connectivity index (χ4v) is 2.99. The molecule has 0 bridgehead atoms. The summed E-state index contributed by atoms with van der Waals surface area (Å²) in [6, 6.07) is 0.645. The van der Waals surface area contributed by atoms with Gasteiger partial charge in [-0.05, 0) is 37.6 Å². The summed E-state index contributed by atoms with van der Waals surface area (Å²) < 4.78 is 5.38. The Hall–Kier alpha value is -0.0800. The van der Waals surface area contributed by atoms with Gasteiger partial charge in [-0.3, -0.25) is 0 Å². The highest BCUT2D eigenvalue weighted by Gasteiger charge is 2.22. The molecule has 1 heterocycles. The van der Waals surface area contributed by atoms with Crippen LogP contribution in [0.3, 0.4) is 0 Å². The minimum Gasteiger partial charge on any atom is -0.380 e. The van der Waals surface area contributed by atoms with Crippen LogP contribution < -0.4 is 5.32 Å². The van der Waals surface area contributed by atoms with Gasteiger partial charge in [0.15, 0.2) is 0 Å². The average Bonchev–Trinajstić information content (AvgIpc) is 2.79. The third kappa shape index (κ3) is 3.46. The van der Waals surface area contributed by atoms with Gasteiger partial charge in [0.1, 0.15) is 0 Å². The zero-order valence-electron chi connectivity index (χ0n) is 10.0. The Labute approximate surface area is 93.8 Å². The third-order valence-corrected chi connectivity index (χ3v) is 4.09. The van der Waals surface area contributed by atoms with Crippen molar-refractivity contribution >= 4 is 0 Å². The molecule has 0 aromatic rings. The van der Waals surface area contributed by atoms with E-state index in [1.807, 2.05) is 0 Å². The molecule has 0 spiro atoms. The molecule has 2 aliphatic rings. The van der Waals surface area contributed by atoms with Crippen molar-refractivity contribution in [3.63, 3.8) is 0 Å². The normalized spacial score (nSPS) is 37.0. The van der Waals surface area contributed by atoms with Crippen LogP contribution in [-0.2, 0) is 4.74 Å². The van der Waals surface area contributed by atoms with Crippen molar-refractivity contribution in [3.05, 3.63) is 0 Å². The van der Waals surface area contributed by atoms with E-state index in [0.29, 0.717) is 6.04 Å². The Morgan fingerprint density at radius 1 is 1.20 bits per heavy atom. The van der Waals surface area contributed by atoms with Crippen LogP contribution in [0.5, 0.6) is 0 Å². The molecule has 2 heteroatoms. The first kappa shape index (κ1) is 11.4. The molecule has 15 heavy (non-hydrogen) atoms. The van der Waals surface area contributed by atoms with Crippen molar-refractivity contribution < 1.29 is 4.74 Å². The van der Waals surface area contributed by atoms with E-state index in [1.165, 1.54) is 45.1 Å². The molecule has 0 aromatic carbocycles. The Balaban J connectivity index is 1.65. The summed E-state index contributed by atoms with van der Waals surface area (Å²) in [5.41, 5.74) is 0. The number of ether oxygens (including phenoxy) is 1. The SMILES string of the molecule is CCC1CCCC(CNC2CCOC2)C1. The van der Waals surface area contributed by atoms with Crippen LogP contribution in [0.1, 0.15) is 45.4 Å². The van der Waals surface area contributed by atoms with Gasteiger partial charge in [0.2, 0.25) is 0 Å². The Bertz CT molecular complexity index is 177. The molecule has 1 saturated carbocycles. The topological polar surface area (TPSA) is 21.3 Å². The summed E-state index contributed by atoms with van der Waals surface area (Å²) >= 11 is 0. The average molecular weight is 211 g/mol. The Morgan fingerprint density at radius 3 is 2.80 bits per heavy atom. The van der Waals surface area contributed by atoms with Crippen molar-refractivity contribution in [1.82, 2.24) is 5.32 Å². The van der Waals surface area contributed by atoms with Gasteiger partial charge in [0.05, 0.1) is 6.61 Å². The number of hydrogen-bond acceptors (Lipinski definition) is 2. The van der Waals surface area contributed by atoms with Crippen LogP contribution in [0.25, 0.3) is 0 Å². The van der Waals surface area contributed by atoms with Crippen LogP contribution in [0.15, 0.2) is 0 Å². The maximum atomic E-state index is 5.38. The summed E-state index contributed by atoms with van der Waals surface area (Å²) in [6.07, 6.45) is 8.41. The molecule has 1 aliphatic heterocycles. The van der Waals surface area contributed by atoms with Crippen molar-refractivity contribution in [2.24, 2.45) is 11.8 Å². The maximum absolute atomic E-state index is 5.38. The lowest BCUT2D eigenvalue weighted by Crippen LogP contribution is -2.35. The van der Waals surface area contributed by atoms with Crippen LogP contribution in [0.4, 0.5) is 0 Å². The zero-order valence-corrected chi connectivity index (χ0v) is 10.0. The summed E-state index contributed by atoms with van der Waals surface area (Å²) in [5, 5.41) is 3.67. The Kier molecular flexibility index (Phi) is 4.45. The van der Waals surface area contributed by atoms with Crippen molar-refractivity contribution in [2.45, 2.75) is 51.5 Å². The van der Waals surface area contributed by atoms with E-state index in [0.717, 1.165) is 25.0 Å². The largest absolute Gasteiger partial charge is 0.380 e. The fourth-order valence-electron chi connectivity index (χ4n) is 2.99. The second-order valence-corrected chi connectivity index (χ2v) is 5.28. The summed E-state index contributed by atoms with van der Waals surface area (Å²) in [6.45, 7) is 5.46. The number of hydrogen-bond donors (Lipinski definition) is 1. The molecule has 3 atom stereocenters. The number of nitrogens with one attached hydrogen (secondary N) is 1. The van der Waals surface area contributed by atoms with Gasteiger partial charge in [-0.2, -0.15) is 0 Å². The molecule has 2 rings (SSSR count). The molecule has 2 fully saturated rings. The highest BCUT2D eigenvalue weighted by molar-refractivity contribution is 4.77. The lowest BCUT2D eigenvalue weighted by Gasteiger charge is -2.29. The standard InChI is InChI=1S/C13H25NO/c1-2-11-4-3-5-12(8-11)9-14-13-6-7-15-10-13/h11-14H,2-10H2,1H3. The van der Waals surface area contributed by atoms with Gasteiger partial charge >= 0.3 is 0 Å². The van der Waals surface area contributed by atoms with E-state index in [1.54, 1.807) is 0 Å². The first-order valence-electron chi connectivity index (χ1n) is 6.69. The van der Waals surface area contributed by atoms with Crippen LogP contribution in [0.2, 0.25) is 0 Å². The lowest BCUT2D eigenvalue weighted by molar-refractivity contribution is 0.186. The molecule has 0 radical (unpaired) electrons. The molecule has 1 N–H and O–H groups in total. The smallest absolute Gasteiger partial charge is 0.0620 e. The molecule has 88 valence electrons. The van der Waals surface area contributed by atoms with E-state index in [-0.39, 0.29) is 0 Å². The van der Waals surface area contributed by atoms with E-state index in [9.17, 15) is 0 Å². The van der Waals surface area contributed by atoms with Gasteiger partial charge in [-0.25, -0.2) is 0 Å². The van der Waals surface area contributed by atoms with E-state index in [2.05, 4.69) is 12.2 Å². The second-order valence-electron chi connectivity index (χ2n) is 5.28. The highest BCUT2D eigenvalue weighted by atomic mass is 16.5.